The summed E-state index contributed by atoms with van der Waals surface area (Å²) in [6.07, 6.45) is 8.36. The van der Waals surface area contributed by atoms with Crippen LogP contribution < -0.4 is 15.9 Å². The zero-order valence-electron chi connectivity index (χ0n) is 21.1. The van der Waals surface area contributed by atoms with Gasteiger partial charge in [-0.1, -0.05) is 0 Å². The molecule has 182 valence electrons. The molecule has 0 aliphatic carbocycles. The summed E-state index contributed by atoms with van der Waals surface area (Å²) < 4.78 is 7.52. The van der Waals surface area contributed by atoms with Gasteiger partial charge in [0.2, 0.25) is 0 Å². The van der Waals surface area contributed by atoms with Gasteiger partial charge in [0.25, 0.3) is 0 Å². The quantitative estimate of drug-likeness (QED) is 0.139. The molecule has 0 bridgehead atoms. The van der Waals surface area contributed by atoms with Gasteiger partial charge in [0.15, 0.2) is 0 Å². The van der Waals surface area contributed by atoms with Crippen molar-refractivity contribution in [3.05, 3.63) is 127 Å². The van der Waals surface area contributed by atoms with E-state index in [2.05, 4.69) is 128 Å². The average molecular weight is 483 g/mol. The molecule has 0 amide bonds. The molecule has 0 fully saturated rings. The molecule has 0 N–H and O–H groups in total. The molecule has 0 radical (unpaired) electrons. The van der Waals surface area contributed by atoms with Gasteiger partial charge >= 0.3 is 212 Å². The molecule has 0 aliphatic rings. The van der Waals surface area contributed by atoms with Crippen LogP contribution in [0.2, 0.25) is 0 Å². The van der Waals surface area contributed by atoms with E-state index in [0.717, 1.165) is 19.2 Å². The second kappa shape index (κ2) is 12.3. The summed E-state index contributed by atoms with van der Waals surface area (Å²) in [5, 5.41) is 3.89. The number of benzene rings is 4. The van der Waals surface area contributed by atoms with Crippen molar-refractivity contribution in [2.45, 2.75) is 51.6 Å². The Kier molecular flexibility index (Phi) is 8.91. The van der Waals surface area contributed by atoms with Crippen LogP contribution >= 0.6 is 6.83 Å². The Hall–Kier alpha value is -2.73. The number of hydrogen-bond acceptors (Lipinski definition) is 1. The standard InChI is InChI=1S/C33H39OP/c1-2-3-4-5-6-19-28-34-35(31-22-13-8-14-23-31,32-24-15-9-16-25-32,33-26-17-10-18-27-33)29-30-20-11-7-12-21-30/h7-18,20-27H,2-6,19,28-29H2,1H3. The summed E-state index contributed by atoms with van der Waals surface area (Å²) in [5.74, 6) is 0. The fourth-order valence-electron chi connectivity index (χ4n) is 5.30. The van der Waals surface area contributed by atoms with Crippen molar-refractivity contribution >= 4 is 22.7 Å². The van der Waals surface area contributed by atoms with Crippen molar-refractivity contribution < 1.29 is 4.52 Å². The van der Waals surface area contributed by atoms with Gasteiger partial charge < -0.3 is 0 Å². The van der Waals surface area contributed by atoms with Gasteiger partial charge in [-0.25, -0.2) is 0 Å². The minimum atomic E-state index is -3.32. The maximum atomic E-state index is 7.52. The normalized spacial score (nSPS) is 12.7. The summed E-state index contributed by atoms with van der Waals surface area (Å²) in [4.78, 5) is 0. The van der Waals surface area contributed by atoms with Gasteiger partial charge in [0, 0.05) is 0 Å². The summed E-state index contributed by atoms with van der Waals surface area (Å²) >= 11 is 0. The first-order valence-corrected chi connectivity index (χ1v) is 15.5. The van der Waals surface area contributed by atoms with Gasteiger partial charge in [-0.2, -0.15) is 0 Å². The van der Waals surface area contributed by atoms with Gasteiger partial charge in [-0.15, -0.1) is 0 Å². The van der Waals surface area contributed by atoms with Crippen molar-refractivity contribution in [3.8, 4) is 0 Å². The SMILES string of the molecule is CCCCCCCCOP(Cc1ccccc1)(c1ccccc1)(c1ccccc1)c1ccccc1. The Morgan fingerprint density at radius 1 is 0.486 bits per heavy atom. The van der Waals surface area contributed by atoms with Crippen LogP contribution in [0.1, 0.15) is 51.0 Å². The molecule has 1 nitrogen and oxygen atoms in total. The molecule has 4 rings (SSSR count). The van der Waals surface area contributed by atoms with Crippen molar-refractivity contribution in [2.24, 2.45) is 0 Å². The Labute approximate surface area is 212 Å². The third-order valence-electron chi connectivity index (χ3n) is 7.11. The molecular weight excluding hydrogens is 443 g/mol. The Morgan fingerprint density at radius 3 is 1.34 bits per heavy atom. The van der Waals surface area contributed by atoms with Crippen molar-refractivity contribution in [1.82, 2.24) is 0 Å². The first kappa shape index (κ1) is 25.4. The van der Waals surface area contributed by atoms with Crippen molar-refractivity contribution in [2.75, 3.05) is 6.61 Å². The summed E-state index contributed by atoms with van der Waals surface area (Å²) in [6.45, 7) is -0.282. The number of unbranched alkanes of at least 4 members (excludes halogenated alkanes) is 5. The van der Waals surface area contributed by atoms with Crippen LogP contribution in [0.15, 0.2) is 121 Å². The number of hydrogen-bond donors (Lipinski definition) is 0. The first-order valence-electron chi connectivity index (χ1n) is 13.2. The predicted octanol–water partition coefficient (Wildman–Crippen LogP) is 8.01. The zero-order valence-corrected chi connectivity index (χ0v) is 22.0. The molecule has 2 heteroatoms. The Balaban J connectivity index is 1.90. The van der Waals surface area contributed by atoms with Crippen LogP contribution in [-0.2, 0) is 10.7 Å². The molecule has 0 spiro atoms. The van der Waals surface area contributed by atoms with Gasteiger partial charge in [-0.05, 0) is 0 Å². The monoisotopic (exact) mass is 482 g/mol. The first-order chi connectivity index (χ1) is 17.3. The van der Waals surface area contributed by atoms with E-state index in [0.29, 0.717) is 0 Å². The summed E-state index contributed by atoms with van der Waals surface area (Å²) in [5.41, 5.74) is 1.31. The van der Waals surface area contributed by atoms with E-state index >= 15 is 0 Å². The van der Waals surface area contributed by atoms with Crippen LogP contribution in [0.5, 0.6) is 0 Å². The third kappa shape index (κ3) is 5.43. The van der Waals surface area contributed by atoms with Crippen LogP contribution in [0.4, 0.5) is 0 Å². The summed E-state index contributed by atoms with van der Waals surface area (Å²) in [6, 6.07) is 44.0. The molecule has 0 atom stereocenters. The minimum absolute atomic E-state index is 0.759. The predicted molar refractivity (Wildman–Crippen MR) is 155 cm³/mol. The fraction of sp³-hybridized carbons (Fsp3) is 0.273. The van der Waals surface area contributed by atoms with E-state index in [1.165, 1.54) is 53.6 Å². The van der Waals surface area contributed by atoms with Gasteiger partial charge in [0.1, 0.15) is 0 Å². The molecule has 0 unspecified atom stereocenters. The fourth-order valence-corrected chi connectivity index (χ4v) is 11.1. The second-order valence-corrected chi connectivity index (χ2v) is 14.0. The summed E-state index contributed by atoms with van der Waals surface area (Å²) in [7, 11) is 0. The molecule has 0 aliphatic heterocycles. The van der Waals surface area contributed by atoms with Crippen LogP contribution in [0, 0.1) is 0 Å². The maximum absolute atomic E-state index is 7.52. The molecule has 0 heterocycles. The van der Waals surface area contributed by atoms with E-state index in [1.807, 2.05) is 0 Å². The van der Waals surface area contributed by atoms with E-state index in [1.54, 1.807) is 0 Å². The Bertz CT molecular complexity index is 1030. The molecule has 4 aromatic carbocycles. The topological polar surface area (TPSA) is 9.23 Å². The molecule has 0 saturated heterocycles. The van der Waals surface area contributed by atoms with E-state index in [4.69, 9.17) is 4.52 Å². The van der Waals surface area contributed by atoms with Gasteiger partial charge in [0.05, 0.1) is 0 Å². The molecule has 0 aromatic heterocycles. The molecule has 35 heavy (non-hydrogen) atoms. The van der Waals surface area contributed by atoms with Crippen LogP contribution in [-0.4, -0.2) is 6.61 Å². The third-order valence-corrected chi connectivity index (χ3v) is 13.0. The number of rotatable bonds is 13. The zero-order chi connectivity index (χ0) is 24.3. The molecule has 4 aromatic rings. The molecular formula is C33H39OP. The van der Waals surface area contributed by atoms with E-state index in [9.17, 15) is 0 Å². The van der Waals surface area contributed by atoms with Crippen LogP contribution in [0.3, 0.4) is 0 Å². The van der Waals surface area contributed by atoms with E-state index in [-0.39, 0.29) is 0 Å². The van der Waals surface area contributed by atoms with Crippen molar-refractivity contribution in [1.29, 1.82) is 0 Å². The second-order valence-electron chi connectivity index (χ2n) is 9.46. The Morgan fingerprint density at radius 2 is 0.886 bits per heavy atom. The van der Waals surface area contributed by atoms with Gasteiger partial charge in [-0.3, -0.25) is 0 Å². The van der Waals surface area contributed by atoms with Crippen molar-refractivity contribution in [3.63, 3.8) is 0 Å². The van der Waals surface area contributed by atoms with E-state index < -0.39 is 6.83 Å². The van der Waals surface area contributed by atoms with Crippen LogP contribution in [0.25, 0.3) is 0 Å². The average Bonchev–Trinajstić information content (AvgIpc) is 2.94. The molecule has 0 saturated carbocycles.